The van der Waals surface area contributed by atoms with Gasteiger partial charge < -0.3 is 5.32 Å². The van der Waals surface area contributed by atoms with Gasteiger partial charge in [0.2, 0.25) is 5.95 Å². The molecule has 1 atom stereocenters. The SMILES string of the molecule is CC(=O)C1=C(C)Nc2ncnn2C1c1ccccc1[N+](=O)[O-]. The second kappa shape index (κ2) is 5.06. The van der Waals surface area contributed by atoms with Crippen molar-refractivity contribution in [1.82, 2.24) is 14.8 Å². The molecule has 1 aliphatic rings. The van der Waals surface area contributed by atoms with Crippen LogP contribution in [0.3, 0.4) is 0 Å². The van der Waals surface area contributed by atoms with Crippen molar-refractivity contribution >= 4 is 17.4 Å². The number of carbonyl (C=O) groups is 1. The first kappa shape index (κ1) is 13.9. The fourth-order valence-corrected chi connectivity index (χ4v) is 2.72. The maximum Gasteiger partial charge on any atom is 0.275 e. The Kier molecular flexibility index (Phi) is 3.21. The Morgan fingerprint density at radius 1 is 1.41 bits per heavy atom. The van der Waals surface area contributed by atoms with Crippen LogP contribution < -0.4 is 5.32 Å². The highest BCUT2D eigenvalue weighted by molar-refractivity contribution is 5.96. The third kappa shape index (κ3) is 2.05. The van der Waals surface area contributed by atoms with E-state index < -0.39 is 11.0 Å². The largest absolute Gasteiger partial charge is 0.328 e. The van der Waals surface area contributed by atoms with Crippen molar-refractivity contribution in [2.45, 2.75) is 19.9 Å². The highest BCUT2D eigenvalue weighted by atomic mass is 16.6. The van der Waals surface area contributed by atoms with Gasteiger partial charge in [-0.2, -0.15) is 10.1 Å². The molecule has 0 bridgehead atoms. The fourth-order valence-electron chi connectivity index (χ4n) is 2.72. The molecule has 0 radical (unpaired) electrons. The average Bonchev–Trinajstić information content (AvgIpc) is 2.93. The molecule has 0 fully saturated rings. The third-order valence-corrected chi connectivity index (χ3v) is 3.60. The van der Waals surface area contributed by atoms with E-state index in [2.05, 4.69) is 15.4 Å². The van der Waals surface area contributed by atoms with E-state index in [1.165, 1.54) is 24.0 Å². The van der Waals surface area contributed by atoms with Crippen LogP contribution >= 0.6 is 0 Å². The maximum absolute atomic E-state index is 12.1. The molecular weight excluding hydrogens is 286 g/mol. The molecule has 1 aliphatic heterocycles. The molecule has 0 spiro atoms. The summed E-state index contributed by atoms with van der Waals surface area (Å²) in [4.78, 5) is 27.0. The fraction of sp³-hybridized carbons (Fsp3) is 0.214. The van der Waals surface area contributed by atoms with Crippen LogP contribution in [-0.2, 0) is 4.79 Å². The smallest absolute Gasteiger partial charge is 0.275 e. The lowest BCUT2D eigenvalue weighted by Crippen LogP contribution is -2.28. The first-order valence-electron chi connectivity index (χ1n) is 6.62. The van der Waals surface area contributed by atoms with Gasteiger partial charge in [-0.25, -0.2) is 4.68 Å². The van der Waals surface area contributed by atoms with Crippen LogP contribution in [0.4, 0.5) is 11.6 Å². The molecule has 0 amide bonds. The normalized spacial score (nSPS) is 16.9. The summed E-state index contributed by atoms with van der Waals surface area (Å²) in [5.41, 5.74) is 1.41. The topological polar surface area (TPSA) is 103 Å². The van der Waals surface area contributed by atoms with E-state index in [-0.39, 0.29) is 11.5 Å². The molecule has 1 unspecified atom stereocenters. The van der Waals surface area contributed by atoms with Gasteiger partial charge in [0.1, 0.15) is 12.4 Å². The lowest BCUT2D eigenvalue weighted by atomic mass is 9.92. The molecule has 8 nitrogen and oxygen atoms in total. The predicted octanol–water partition coefficient (Wildman–Crippen LogP) is 2.06. The van der Waals surface area contributed by atoms with E-state index >= 15 is 0 Å². The first-order chi connectivity index (χ1) is 10.5. The van der Waals surface area contributed by atoms with Gasteiger partial charge in [-0.1, -0.05) is 12.1 Å². The van der Waals surface area contributed by atoms with Gasteiger partial charge in [0.15, 0.2) is 5.78 Å². The molecule has 2 aromatic rings. The predicted molar refractivity (Wildman–Crippen MR) is 78.3 cm³/mol. The summed E-state index contributed by atoms with van der Waals surface area (Å²) in [6, 6.07) is 5.68. The number of nitrogens with zero attached hydrogens (tertiary/aromatic N) is 4. The number of benzene rings is 1. The molecule has 1 aromatic heterocycles. The average molecular weight is 299 g/mol. The summed E-state index contributed by atoms with van der Waals surface area (Å²) < 4.78 is 1.49. The standard InChI is InChI=1S/C14H13N5O3/c1-8-12(9(2)20)13(18-14(17-8)15-7-16-18)10-5-3-4-6-11(10)19(21)22/h3-7,13H,1-2H3,(H,15,16,17). The van der Waals surface area contributed by atoms with Crippen molar-refractivity contribution in [3.63, 3.8) is 0 Å². The third-order valence-electron chi connectivity index (χ3n) is 3.60. The Balaban J connectivity index is 2.28. The second-order valence-electron chi connectivity index (χ2n) is 4.97. The zero-order valence-corrected chi connectivity index (χ0v) is 12.0. The van der Waals surface area contributed by atoms with Crippen molar-refractivity contribution in [2.24, 2.45) is 0 Å². The van der Waals surface area contributed by atoms with Crippen molar-refractivity contribution in [1.29, 1.82) is 0 Å². The van der Waals surface area contributed by atoms with E-state index in [1.54, 1.807) is 25.1 Å². The highest BCUT2D eigenvalue weighted by Crippen LogP contribution is 2.38. The number of allylic oxidation sites excluding steroid dienone is 2. The number of rotatable bonds is 3. The number of aromatic nitrogens is 3. The van der Waals surface area contributed by atoms with Gasteiger partial charge in [0.05, 0.1) is 10.5 Å². The molecule has 8 heteroatoms. The number of fused-ring (bicyclic) bond motifs is 1. The summed E-state index contributed by atoms with van der Waals surface area (Å²) in [5, 5.41) is 18.4. The van der Waals surface area contributed by atoms with Crippen LogP contribution in [0.2, 0.25) is 0 Å². The van der Waals surface area contributed by atoms with E-state index in [1.807, 2.05) is 0 Å². The van der Waals surface area contributed by atoms with Gasteiger partial charge in [-0.05, 0) is 19.9 Å². The summed E-state index contributed by atoms with van der Waals surface area (Å²) in [7, 11) is 0. The Morgan fingerprint density at radius 3 is 2.82 bits per heavy atom. The monoisotopic (exact) mass is 299 g/mol. The number of carbonyl (C=O) groups excluding carboxylic acids is 1. The number of nitrogens with one attached hydrogen (secondary N) is 1. The van der Waals surface area contributed by atoms with E-state index in [4.69, 9.17) is 0 Å². The lowest BCUT2D eigenvalue weighted by molar-refractivity contribution is -0.385. The number of para-hydroxylation sites is 1. The Morgan fingerprint density at radius 2 is 2.14 bits per heavy atom. The zero-order valence-electron chi connectivity index (χ0n) is 12.0. The molecule has 22 heavy (non-hydrogen) atoms. The molecule has 0 saturated heterocycles. The van der Waals surface area contributed by atoms with E-state index in [9.17, 15) is 14.9 Å². The van der Waals surface area contributed by atoms with Crippen LogP contribution in [0.5, 0.6) is 0 Å². The van der Waals surface area contributed by atoms with Crippen molar-refractivity contribution in [3.05, 3.63) is 57.5 Å². The van der Waals surface area contributed by atoms with Crippen molar-refractivity contribution < 1.29 is 9.72 Å². The summed E-state index contributed by atoms with van der Waals surface area (Å²) in [6.07, 6.45) is 1.35. The lowest BCUT2D eigenvalue weighted by Gasteiger charge is -2.27. The van der Waals surface area contributed by atoms with Crippen LogP contribution in [-0.4, -0.2) is 25.5 Å². The number of ketones is 1. The van der Waals surface area contributed by atoms with Gasteiger partial charge in [0, 0.05) is 17.3 Å². The molecule has 3 rings (SSSR count). The van der Waals surface area contributed by atoms with Crippen molar-refractivity contribution in [3.8, 4) is 0 Å². The van der Waals surface area contributed by atoms with Gasteiger partial charge in [-0.15, -0.1) is 0 Å². The highest BCUT2D eigenvalue weighted by Gasteiger charge is 2.35. The van der Waals surface area contributed by atoms with Crippen LogP contribution in [0, 0.1) is 10.1 Å². The Hall–Kier alpha value is -3.03. The Bertz CT molecular complexity index is 808. The maximum atomic E-state index is 12.1. The minimum absolute atomic E-state index is 0.0533. The van der Waals surface area contributed by atoms with Crippen LogP contribution in [0.1, 0.15) is 25.5 Å². The number of hydrogen-bond donors (Lipinski definition) is 1. The molecular formula is C14H13N5O3. The first-order valence-corrected chi connectivity index (χ1v) is 6.62. The quantitative estimate of drug-likeness (QED) is 0.687. The Labute approximate surface area is 125 Å². The minimum atomic E-state index is -0.669. The van der Waals surface area contributed by atoms with E-state index in [0.29, 0.717) is 22.8 Å². The summed E-state index contributed by atoms with van der Waals surface area (Å²) in [6.45, 7) is 3.18. The van der Waals surface area contributed by atoms with Gasteiger partial charge in [0.25, 0.3) is 5.69 Å². The zero-order chi connectivity index (χ0) is 15.9. The summed E-state index contributed by atoms with van der Waals surface area (Å²) in [5.74, 6) is 0.278. The van der Waals surface area contributed by atoms with Crippen LogP contribution in [0.15, 0.2) is 41.9 Å². The molecule has 2 heterocycles. The number of nitro benzene ring substituents is 1. The number of Topliss-reactive ketones (excluding diaryl/α,β-unsaturated/α-hetero) is 1. The molecule has 0 saturated carbocycles. The van der Waals surface area contributed by atoms with Gasteiger partial charge in [-0.3, -0.25) is 14.9 Å². The van der Waals surface area contributed by atoms with Gasteiger partial charge >= 0.3 is 0 Å². The summed E-state index contributed by atoms with van der Waals surface area (Å²) >= 11 is 0. The second-order valence-corrected chi connectivity index (χ2v) is 4.97. The molecule has 0 aliphatic carbocycles. The molecule has 1 aromatic carbocycles. The van der Waals surface area contributed by atoms with Crippen molar-refractivity contribution in [2.75, 3.05) is 5.32 Å². The number of nitro groups is 1. The molecule has 1 N–H and O–H groups in total. The number of hydrogen-bond acceptors (Lipinski definition) is 6. The van der Waals surface area contributed by atoms with Crippen LogP contribution in [0.25, 0.3) is 0 Å². The minimum Gasteiger partial charge on any atom is -0.328 e. The number of anilines is 1. The van der Waals surface area contributed by atoms with E-state index in [0.717, 1.165) is 0 Å². The molecule has 112 valence electrons.